The van der Waals surface area contributed by atoms with Gasteiger partial charge in [-0.25, -0.2) is 19.8 Å². The largest absolute Gasteiger partial charge is 0.247 e. The second-order valence-electron chi connectivity index (χ2n) is 11.3. The third-order valence-corrected chi connectivity index (χ3v) is 8.51. The van der Waals surface area contributed by atoms with Crippen molar-refractivity contribution in [3.8, 4) is 57.0 Å². The van der Waals surface area contributed by atoms with E-state index in [2.05, 4.69) is 41.2 Å². The van der Waals surface area contributed by atoms with Gasteiger partial charge in [0.25, 0.3) is 0 Å². The summed E-state index contributed by atoms with van der Waals surface area (Å²) in [5.41, 5.74) is 10.3. The van der Waals surface area contributed by atoms with Crippen molar-refractivity contribution in [3.63, 3.8) is 0 Å². The minimum absolute atomic E-state index is 0.537. The molecule has 220 valence electrons. The highest BCUT2D eigenvalue weighted by Crippen LogP contribution is 2.43. The zero-order valence-corrected chi connectivity index (χ0v) is 25.4. The van der Waals surface area contributed by atoms with Crippen LogP contribution in [-0.4, -0.2) is 15.0 Å². The van der Waals surface area contributed by atoms with E-state index in [1.165, 1.54) is 0 Å². The van der Waals surface area contributed by atoms with Crippen molar-refractivity contribution in [2.24, 2.45) is 0 Å². The van der Waals surface area contributed by atoms with Crippen molar-refractivity contribution in [2.75, 3.05) is 0 Å². The number of hydrogen-bond acceptors (Lipinski definition) is 5. The first-order chi connectivity index (χ1) is 23.6. The molecule has 0 unspecified atom stereocenters. The van der Waals surface area contributed by atoms with Crippen LogP contribution in [0, 0.1) is 29.2 Å². The molecule has 0 amide bonds. The summed E-state index contributed by atoms with van der Waals surface area (Å²) in [5, 5.41) is 22.0. The average molecular weight is 611 g/mol. The zero-order valence-electron chi connectivity index (χ0n) is 25.4. The predicted molar refractivity (Wildman–Crippen MR) is 190 cm³/mol. The van der Waals surface area contributed by atoms with E-state index in [1.54, 1.807) is 30.3 Å². The Morgan fingerprint density at radius 3 is 1.85 bits per heavy atom. The monoisotopic (exact) mass is 610 g/mol. The molecule has 6 nitrogen and oxygen atoms in total. The first kappa shape index (κ1) is 28.3. The van der Waals surface area contributed by atoms with Gasteiger partial charge >= 0.3 is 0 Å². The Labute approximate surface area is 276 Å². The number of aromatic nitrogens is 3. The lowest BCUT2D eigenvalue weighted by Gasteiger charge is -2.18. The number of fused-ring (bicyclic) bond motifs is 5. The summed E-state index contributed by atoms with van der Waals surface area (Å²) in [4.78, 5) is 19.6. The van der Waals surface area contributed by atoms with Gasteiger partial charge in [0.1, 0.15) is 0 Å². The number of benzene rings is 6. The number of rotatable bonds is 4. The van der Waals surface area contributed by atoms with E-state index < -0.39 is 0 Å². The Bertz CT molecular complexity index is 2680. The molecule has 0 saturated carbocycles. The van der Waals surface area contributed by atoms with Crippen molar-refractivity contribution in [1.82, 2.24) is 15.0 Å². The number of nitrogens with zero attached hydrogens (tertiary/aromatic N) is 6. The Balaban J connectivity index is 1.58. The highest BCUT2D eigenvalue weighted by molar-refractivity contribution is 6.24. The Kier molecular flexibility index (Phi) is 6.85. The van der Waals surface area contributed by atoms with Crippen molar-refractivity contribution < 1.29 is 0 Å². The molecule has 8 aromatic rings. The van der Waals surface area contributed by atoms with Crippen LogP contribution in [0.25, 0.3) is 82.5 Å². The van der Waals surface area contributed by atoms with Gasteiger partial charge in [-0.3, -0.25) is 0 Å². The fraction of sp³-hybridized carbons (Fsp3) is 0. The lowest BCUT2D eigenvalue weighted by Crippen LogP contribution is -2.00. The summed E-state index contributed by atoms with van der Waals surface area (Å²) in [6.07, 6.45) is 0. The molecule has 2 heterocycles. The van der Waals surface area contributed by atoms with E-state index in [1.807, 2.05) is 78.9 Å². The lowest BCUT2D eigenvalue weighted by molar-refractivity contribution is 1.30. The van der Waals surface area contributed by atoms with Crippen LogP contribution in [0.2, 0.25) is 0 Å². The molecule has 0 spiro atoms. The molecular formula is C42H22N6. The van der Waals surface area contributed by atoms with Crippen LogP contribution in [0.15, 0.2) is 133 Å². The summed E-state index contributed by atoms with van der Waals surface area (Å²) >= 11 is 0. The second-order valence-corrected chi connectivity index (χ2v) is 11.3. The quantitative estimate of drug-likeness (QED) is 0.146. The number of nitriles is 2. The van der Waals surface area contributed by atoms with Crippen molar-refractivity contribution >= 4 is 38.4 Å². The summed E-state index contributed by atoms with van der Waals surface area (Å²) in [6, 6.07) is 47.0. The first-order valence-electron chi connectivity index (χ1n) is 15.3. The maximum Gasteiger partial charge on any atom is 0.187 e. The van der Waals surface area contributed by atoms with E-state index in [0.29, 0.717) is 33.7 Å². The first-order valence-corrected chi connectivity index (χ1v) is 15.3. The van der Waals surface area contributed by atoms with Gasteiger partial charge in [-0.2, -0.15) is 10.5 Å². The molecule has 0 aliphatic heterocycles. The molecule has 0 saturated heterocycles. The number of pyridine rings is 1. The smallest absolute Gasteiger partial charge is 0.187 e. The second kappa shape index (κ2) is 11.6. The summed E-state index contributed by atoms with van der Waals surface area (Å²) in [6.45, 7) is 7.46. The highest BCUT2D eigenvalue weighted by atomic mass is 14.8. The highest BCUT2D eigenvalue weighted by Gasteiger charge is 2.22. The fourth-order valence-electron chi connectivity index (χ4n) is 6.23. The van der Waals surface area contributed by atoms with Gasteiger partial charge in [0.2, 0.25) is 0 Å². The van der Waals surface area contributed by atoms with Gasteiger partial charge in [-0.1, -0.05) is 97.1 Å². The van der Waals surface area contributed by atoms with Crippen LogP contribution in [-0.2, 0) is 0 Å². The van der Waals surface area contributed by atoms with Gasteiger partial charge in [-0.15, -0.1) is 0 Å². The Morgan fingerprint density at radius 1 is 0.500 bits per heavy atom. The normalized spacial score (nSPS) is 10.9. The molecule has 0 aliphatic carbocycles. The molecular weight excluding hydrogens is 589 g/mol. The van der Waals surface area contributed by atoms with Crippen molar-refractivity contribution in [3.05, 3.63) is 156 Å². The molecule has 0 radical (unpaired) electrons. The third kappa shape index (κ3) is 4.77. The Hall–Kier alpha value is -7.20. The Morgan fingerprint density at radius 2 is 1.15 bits per heavy atom. The van der Waals surface area contributed by atoms with Crippen LogP contribution in [0.3, 0.4) is 0 Å². The molecule has 0 aliphatic rings. The molecule has 6 heteroatoms. The molecule has 0 bridgehead atoms. The summed E-state index contributed by atoms with van der Waals surface area (Å²) < 4.78 is 0. The van der Waals surface area contributed by atoms with Crippen LogP contribution in [0.1, 0.15) is 11.1 Å². The summed E-state index contributed by atoms with van der Waals surface area (Å²) in [5.74, 6) is 0. The van der Waals surface area contributed by atoms with Crippen molar-refractivity contribution in [1.29, 1.82) is 10.5 Å². The summed E-state index contributed by atoms with van der Waals surface area (Å²) in [7, 11) is 0. The molecule has 2 aromatic heterocycles. The molecule has 6 aromatic carbocycles. The SMILES string of the molecule is [C-]#[N+]c1ccc(-c2nc3c(-c4ccccc4)cc4c(-c5cccc(C#N)c5)nc5ccccc5c4c3nc2-c2ccc(C#N)cc2)cc1. The minimum atomic E-state index is 0.537. The number of hydrogen-bond donors (Lipinski definition) is 0. The van der Waals surface area contributed by atoms with Crippen LogP contribution >= 0.6 is 0 Å². The van der Waals surface area contributed by atoms with E-state index in [9.17, 15) is 10.5 Å². The predicted octanol–water partition coefficient (Wildman–Crippen LogP) is 10.3. The molecule has 0 fully saturated rings. The third-order valence-electron chi connectivity index (χ3n) is 8.51. The van der Waals surface area contributed by atoms with Crippen LogP contribution in [0.4, 0.5) is 5.69 Å². The standard InChI is InChI=1S/C42H22N6/c1-45-32-20-18-30(19-21-32)39-40(29-16-14-26(24-43)15-17-29)48-42-37-33-12-5-6-13-36(33)46-38(31-11-7-8-27(22-31)25-44)35(37)23-34(41(42)47-39)28-9-3-2-4-10-28/h2-23H. The van der Waals surface area contributed by atoms with Crippen molar-refractivity contribution in [2.45, 2.75) is 0 Å². The molecule has 8 rings (SSSR count). The van der Waals surface area contributed by atoms with Crippen LogP contribution in [0.5, 0.6) is 0 Å². The van der Waals surface area contributed by atoms with E-state index in [4.69, 9.17) is 21.5 Å². The van der Waals surface area contributed by atoms with E-state index >= 15 is 0 Å². The minimum Gasteiger partial charge on any atom is -0.247 e. The molecule has 48 heavy (non-hydrogen) atoms. The molecule has 0 atom stereocenters. The van der Waals surface area contributed by atoms with Gasteiger partial charge in [0.15, 0.2) is 5.69 Å². The lowest BCUT2D eigenvalue weighted by atomic mass is 9.92. The van der Waals surface area contributed by atoms with Gasteiger partial charge < -0.3 is 0 Å². The maximum atomic E-state index is 9.73. The van der Waals surface area contributed by atoms with Gasteiger partial charge in [0.05, 0.1) is 63.5 Å². The van der Waals surface area contributed by atoms with Gasteiger partial charge in [-0.05, 0) is 47.5 Å². The number of para-hydroxylation sites is 1. The van der Waals surface area contributed by atoms with Crippen LogP contribution < -0.4 is 0 Å². The zero-order chi connectivity index (χ0) is 32.6. The fourth-order valence-corrected chi connectivity index (χ4v) is 6.23. The van der Waals surface area contributed by atoms with E-state index in [0.717, 1.165) is 60.7 Å². The average Bonchev–Trinajstić information content (AvgIpc) is 3.17. The maximum absolute atomic E-state index is 9.73. The molecule has 0 N–H and O–H groups in total. The van der Waals surface area contributed by atoms with Gasteiger partial charge in [0, 0.05) is 32.8 Å². The van der Waals surface area contributed by atoms with E-state index in [-0.39, 0.29) is 0 Å². The topological polar surface area (TPSA) is 90.6 Å².